The number of anilines is 1. The van der Waals surface area contributed by atoms with Crippen LogP contribution in [0.5, 0.6) is 0 Å². The molecule has 0 aliphatic rings. The van der Waals surface area contributed by atoms with Gasteiger partial charge < -0.3 is 5.32 Å². The predicted octanol–water partition coefficient (Wildman–Crippen LogP) is 5.65. The minimum absolute atomic E-state index is 0.179. The molecule has 0 saturated heterocycles. The summed E-state index contributed by atoms with van der Waals surface area (Å²) >= 11 is 0. The molecule has 0 aromatic heterocycles. The highest BCUT2D eigenvalue weighted by molar-refractivity contribution is 7.92. The number of hydrogen-bond acceptors (Lipinski definition) is 3. The van der Waals surface area contributed by atoms with Crippen LogP contribution in [0.2, 0.25) is 0 Å². The van der Waals surface area contributed by atoms with Crippen LogP contribution in [0, 0.1) is 12.8 Å². The van der Waals surface area contributed by atoms with Gasteiger partial charge in [0.15, 0.2) is 0 Å². The number of unbranched alkanes of at least 4 members (excludes halogenated alkanes) is 1. The quantitative estimate of drug-likeness (QED) is 0.447. The molecule has 0 heterocycles. The fourth-order valence-electron chi connectivity index (χ4n) is 3.57. The van der Waals surface area contributed by atoms with E-state index >= 15 is 0 Å². The molecular weight excluding hydrogens is 420 g/mol. The van der Waals surface area contributed by atoms with Crippen LogP contribution in [0.15, 0.2) is 53.4 Å². The second-order valence-corrected chi connectivity index (χ2v) is 10.7. The first-order chi connectivity index (χ1) is 15.2. The van der Waals surface area contributed by atoms with Crippen molar-refractivity contribution in [2.45, 2.75) is 71.1 Å². The summed E-state index contributed by atoms with van der Waals surface area (Å²) < 4.78 is 28.2. The Labute approximate surface area is 194 Å². The summed E-state index contributed by atoms with van der Waals surface area (Å²) in [5, 5.41) is 2.96. The van der Waals surface area contributed by atoms with Crippen molar-refractivity contribution in [2.75, 3.05) is 17.4 Å². The molecule has 0 fully saturated rings. The Bertz CT molecular complexity index is 952. The van der Waals surface area contributed by atoms with E-state index in [0.29, 0.717) is 24.1 Å². The maximum absolute atomic E-state index is 13.5. The van der Waals surface area contributed by atoms with Crippen molar-refractivity contribution >= 4 is 21.6 Å². The van der Waals surface area contributed by atoms with Crippen molar-refractivity contribution in [1.82, 2.24) is 5.32 Å². The zero-order valence-corrected chi connectivity index (χ0v) is 20.9. The molecule has 0 aliphatic carbocycles. The van der Waals surface area contributed by atoms with Gasteiger partial charge in [-0.1, -0.05) is 76.8 Å². The molecule has 1 N–H and O–H groups in total. The lowest BCUT2D eigenvalue weighted by molar-refractivity contribution is -0.119. The highest BCUT2D eigenvalue weighted by atomic mass is 32.2. The van der Waals surface area contributed by atoms with Crippen LogP contribution < -0.4 is 9.62 Å². The van der Waals surface area contributed by atoms with E-state index in [1.54, 1.807) is 36.4 Å². The summed E-state index contributed by atoms with van der Waals surface area (Å²) in [5.74, 6) is 0.457. The van der Waals surface area contributed by atoms with Crippen LogP contribution in [0.1, 0.15) is 70.4 Å². The monoisotopic (exact) mass is 458 g/mol. The molecule has 176 valence electrons. The molecule has 0 aliphatic heterocycles. The zero-order chi connectivity index (χ0) is 23.7. The number of carbonyl (C=O) groups excluding carboxylic acids is 1. The van der Waals surface area contributed by atoms with Gasteiger partial charge in [-0.15, -0.1) is 0 Å². The summed E-state index contributed by atoms with van der Waals surface area (Å²) in [6.07, 6.45) is 4.31. The normalized spacial score (nSPS) is 12.6. The first-order valence-corrected chi connectivity index (χ1v) is 13.1. The summed E-state index contributed by atoms with van der Waals surface area (Å²) in [7, 11) is -3.88. The Kier molecular flexibility index (Phi) is 9.76. The van der Waals surface area contributed by atoms with Gasteiger partial charge in [0.1, 0.15) is 6.54 Å². The van der Waals surface area contributed by atoms with E-state index < -0.39 is 10.0 Å². The highest BCUT2D eigenvalue weighted by Gasteiger charge is 2.27. The number of amides is 1. The fraction of sp³-hybridized carbons (Fsp3) is 0.500. The summed E-state index contributed by atoms with van der Waals surface area (Å²) in [5.41, 5.74) is 2.59. The van der Waals surface area contributed by atoms with Crippen molar-refractivity contribution in [1.29, 1.82) is 0 Å². The average molecular weight is 459 g/mol. The molecule has 2 aromatic carbocycles. The van der Waals surface area contributed by atoms with E-state index in [4.69, 9.17) is 0 Å². The van der Waals surface area contributed by atoms with Gasteiger partial charge in [-0.2, -0.15) is 0 Å². The molecule has 2 rings (SSSR count). The molecule has 5 nitrogen and oxygen atoms in total. The van der Waals surface area contributed by atoms with Crippen LogP contribution in [-0.4, -0.2) is 27.4 Å². The minimum Gasteiger partial charge on any atom is -0.354 e. The molecule has 0 radical (unpaired) electrons. The number of sulfonamides is 1. The van der Waals surface area contributed by atoms with E-state index in [1.807, 2.05) is 19.1 Å². The van der Waals surface area contributed by atoms with Crippen molar-refractivity contribution in [3.05, 3.63) is 59.7 Å². The number of aryl methyl sites for hydroxylation is 1. The molecule has 2 aromatic rings. The lowest BCUT2D eigenvalue weighted by Crippen LogP contribution is -2.42. The molecule has 6 heteroatoms. The van der Waals surface area contributed by atoms with E-state index in [-0.39, 0.29) is 17.3 Å². The predicted molar refractivity (Wildman–Crippen MR) is 133 cm³/mol. The lowest BCUT2D eigenvalue weighted by Gasteiger charge is -2.25. The topological polar surface area (TPSA) is 66.5 Å². The molecule has 1 atom stereocenters. The Balaban J connectivity index is 2.28. The van der Waals surface area contributed by atoms with Crippen molar-refractivity contribution in [3.63, 3.8) is 0 Å². The van der Waals surface area contributed by atoms with Gasteiger partial charge >= 0.3 is 0 Å². The molecule has 0 bridgehead atoms. The number of carbonyl (C=O) groups is 1. The van der Waals surface area contributed by atoms with Gasteiger partial charge in [-0.3, -0.25) is 9.10 Å². The second-order valence-electron chi connectivity index (χ2n) is 8.79. The van der Waals surface area contributed by atoms with Gasteiger partial charge in [0.2, 0.25) is 5.91 Å². The minimum atomic E-state index is -3.88. The van der Waals surface area contributed by atoms with Crippen LogP contribution in [0.25, 0.3) is 0 Å². The first-order valence-electron chi connectivity index (χ1n) is 11.6. The average Bonchev–Trinajstić information content (AvgIpc) is 2.78. The molecule has 0 unspecified atom stereocenters. The Hall–Kier alpha value is -2.34. The summed E-state index contributed by atoms with van der Waals surface area (Å²) in [6.45, 7) is 10.7. The second kappa shape index (κ2) is 12.0. The fourth-order valence-corrected chi connectivity index (χ4v) is 4.99. The maximum Gasteiger partial charge on any atom is 0.264 e. The summed E-state index contributed by atoms with van der Waals surface area (Å²) in [4.78, 5) is 13.0. The summed E-state index contributed by atoms with van der Waals surface area (Å²) in [6, 6.07) is 14.1. The van der Waals surface area contributed by atoms with E-state index in [9.17, 15) is 13.2 Å². The largest absolute Gasteiger partial charge is 0.354 e. The van der Waals surface area contributed by atoms with E-state index in [0.717, 1.165) is 36.8 Å². The van der Waals surface area contributed by atoms with Crippen LogP contribution in [0.4, 0.5) is 5.69 Å². The Morgan fingerprint density at radius 2 is 1.62 bits per heavy atom. The van der Waals surface area contributed by atoms with Crippen LogP contribution >= 0.6 is 0 Å². The molecule has 1 amide bonds. The zero-order valence-electron chi connectivity index (χ0n) is 20.1. The van der Waals surface area contributed by atoms with Crippen LogP contribution in [-0.2, 0) is 14.8 Å². The van der Waals surface area contributed by atoms with Crippen LogP contribution in [0.3, 0.4) is 0 Å². The number of nitrogens with one attached hydrogen (secondary N) is 1. The van der Waals surface area contributed by atoms with Gasteiger partial charge in [0.25, 0.3) is 10.0 Å². The SMILES string of the molecule is CCCC[C@H](CC)CNC(=O)CN(c1ccc(C(C)C)cc1)S(=O)(=O)c1ccc(C)cc1. The van der Waals surface area contributed by atoms with Gasteiger partial charge in [-0.25, -0.2) is 8.42 Å². The third-order valence-electron chi connectivity index (χ3n) is 5.88. The maximum atomic E-state index is 13.5. The first kappa shape index (κ1) is 25.9. The van der Waals surface area contributed by atoms with Gasteiger partial charge in [0.05, 0.1) is 10.6 Å². The number of rotatable bonds is 12. The van der Waals surface area contributed by atoms with Gasteiger partial charge in [-0.05, 0) is 55.0 Å². The number of benzene rings is 2. The Morgan fingerprint density at radius 1 is 1.00 bits per heavy atom. The van der Waals surface area contributed by atoms with E-state index in [2.05, 4.69) is 33.0 Å². The lowest BCUT2D eigenvalue weighted by atomic mass is 9.99. The number of nitrogens with zero attached hydrogens (tertiary/aromatic N) is 1. The molecule has 32 heavy (non-hydrogen) atoms. The smallest absolute Gasteiger partial charge is 0.264 e. The number of hydrogen-bond donors (Lipinski definition) is 1. The molecule has 0 spiro atoms. The standard InChI is InChI=1S/C26H38N2O3S/c1-6-8-9-22(7-2)18-27-26(29)19-28(24-14-12-23(13-15-24)20(3)4)32(30,31)25-16-10-21(5)11-17-25/h10-17,20,22H,6-9,18-19H2,1-5H3,(H,27,29)/t22-/m0/s1. The third kappa shape index (κ3) is 7.09. The third-order valence-corrected chi connectivity index (χ3v) is 7.66. The highest BCUT2D eigenvalue weighted by Crippen LogP contribution is 2.26. The Morgan fingerprint density at radius 3 is 2.16 bits per heavy atom. The molecular formula is C26H38N2O3S. The van der Waals surface area contributed by atoms with Crippen molar-refractivity contribution < 1.29 is 13.2 Å². The van der Waals surface area contributed by atoms with E-state index in [1.165, 1.54) is 4.31 Å². The van der Waals surface area contributed by atoms with Crippen molar-refractivity contribution in [2.24, 2.45) is 5.92 Å². The van der Waals surface area contributed by atoms with Gasteiger partial charge in [0, 0.05) is 6.54 Å². The molecule has 0 saturated carbocycles. The van der Waals surface area contributed by atoms with Crippen molar-refractivity contribution in [3.8, 4) is 0 Å².